The van der Waals surface area contributed by atoms with Crippen LogP contribution in [-0.4, -0.2) is 41.8 Å². The maximum Gasteiger partial charge on any atom is 0.215 e. The summed E-state index contributed by atoms with van der Waals surface area (Å²) in [6.45, 7) is 3.27. The van der Waals surface area contributed by atoms with Gasteiger partial charge in [0, 0.05) is 38.5 Å². The molecule has 1 saturated carbocycles. The number of Topliss-reactive ketones (excluding diaryl/α,β-unsaturated/α-hetero) is 1. The van der Waals surface area contributed by atoms with E-state index in [-0.39, 0.29) is 12.0 Å². The van der Waals surface area contributed by atoms with Gasteiger partial charge >= 0.3 is 0 Å². The molecule has 1 aliphatic heterocycles. The van der Waals surface area contributed by atoms with Gasteiger partial charge in [0.2, 0.25) is 5.89 Å². The van der Waals surface area contributed by atoms with Gasteiger partial charge in [-0.2, -0.15) is 5.26 Å². The molecule has 2 heterocycles. The zero-order valence-electron chi connectivity index (χ0n) is 20.1. The second-order valence-electron chi connectivity index (χ2n) is 9.65. The number of nitriles is 1. The fourth-order valence-corrected chi connectivity index (χ4v) is 5.56. The standard InChI is InChI=1S/C29H32N4O2/c30-21-25-19-22(20-27(34)23-7-3-1-4-8-23)11-12-26(25)32-14-16-33(17-15-32)28(29-31-13-18-35-29)24-9-5-2-6-10-24/h2,5-6,9-13,18-19,23,28H,1,3-4,7-8,14-17,20H2. The zero-order chi connectivity index (χ0) is 24.0. The van der Waals surface area contributed by atoms with Crippen molar-refractivity contribution >= 4 is 11.5 Å². The quantitative estimate of drug-likeness (QED) is 0.477. The molecule has 2 fully saturated rings. The molecule has 2 aromatic carbocycles. The molecule has 180 valence electrons. The van der Waals surface area contributed by atoms with E-state index >= 15 is 0 Å². The molecule has 1 aliphatic carbocycles. The minimum atomic E-state index is -0.0306. The molecule has 3 aromatic rings. The Kier molecular flexibility index (Phi) is 7.25. The van der Waals surface area contributed by atoms with Gasteiger partial charge in [-0.3, -0.25) is 9.69 Å². The fourth-order valence-electron chi connectivity index (χ4n) is 5.56. The van der Waals surface area contributed by atoms with E-state index < -0.39 is 0 Å². The Morgan fingerprint density at radius 2 is 1.83 bits per heavy atom. The SMILES string of the molecule is N#Cc1cc(CC(=O)C2CCCCC2)ccc1N1CCN(C(c2ccccc2)c2ncco2)CC1. The molecule has 0 spiro atoms. The summed E-state index contributed by atoms with van der Waals surface area (Å²) in [5.41, 5.74) is 3.72. The number of anilines is 1. The van der Waals surface area contributed by atoms with Crippen LogP contribution >= 0.6 is 0 Å². The van der Waals surface area contributed by atoms with E-state index in [1.165, 1.54) is 6.42 Å². The van der Waals surface area contributed by atoms with Crippen LogP contribution in [0.2, 0.25) is 0 Å². The second-order valence-corrected chi connectivity index (χ2v) is 9.65. The number of oxazole rings is 1. The van der Waals surface area contributed by atoms with Gasteiger partial charge in [-0.25, -0.2) is 4.98 Å². The molecule has 6 heteroatoms. The predicted molar refractivity (Wildman–Crippen MR) is 135 cm³/mol. The van der Waals surface area contributed by atoms with E-state index in [0.29, 0.717) is 23.7 Å². The van der Waals surface area contributed by atoms with Crippen LogP contribution in [0.4, 0.5) is 5.69 Å². The van der Waals surface area contributed by atoms with Gasteiger partial charge in [-0.1, -0.05) is 55.7 Å². The van der Waals surface area contributed by atoms with Crippen LogP contribution < -0.4 is 4.90 Å². The first-order valence-electron chi connectivity index (χ1n) is 12.7. The monoisotopic (exact) mass is 468 g/mol. The molecule has 6 nitrogen and oxygen atoms in total. The van der Waals surface area contributed by atoms with Crippen LogP contribution in [0.25, 0.3) is 0 Å². The molecule has 5 rings (SSSR count). The maximum atomic E-state index is 12.8. The lowest BCUT2D eigenvalue weighted by Crippen LogP contribution is -2.48. The van der Waals surface area contributed by atoms with Crippen molar-refractivity contribution < 1.29 is 9.21 Å². The van der Waals surface area contributed by atoms with Gasteiger partial charge in [-0.05, 0) is 36.1 Å². The van der Waals surface area contributed by atoms with Gasteiger partial charge in [0.05, 0.1) is 17.4 Å². The Labute approximate surface area is 207 Å². The Morgan fingerprint density at radius 1 is 1.06 bits per heavy atom. The number of rotatable bonds is 7. The maximum absolute atomic E-state index is 12.8. The zero-order valence-corrected chi connectivity index (χ0v) is 20.1. The minimum Gasteiger partial charge on any atom is -0.447 e. The summed E-state index contributed by atoms with van der Waals surface area (Å²) >= 11 is 0. The lowest BCUT2D eigenvalue weighted by atomic mass is 9.84. The summed E-state index contributed by atoms with van der Waals surface area (Å²) in [4.78, 5) is 21.9. The normalized spacial score (nSPS) is 18.2. The first-order chi connectivity index (χ1) is 17.2. The van der Waals surface area contributed by atoms with Crippen molar-refractivity contribution in [2.45, 2.75) is 44.6 Å². The van der Waals surface area contributed by atoms with Crippen LogP contribution in [0.15, 0.2) is 65.4 Å². The van der Waals surface area contributed by atoms with Crippen molar-refractivity contribution in [3.05, 3.63) is 83.6 Å². The number of benzene rings is 2. The van der Waals surface area contributed by atoms with E-state index in [4.69, 9.17) is 4.42 Å². The van der Waals surface area contributed by atoms with Gasteiger partial charge in [0.25, 0.3) is 0 Å². The molecule has 0 N–H and O–H groups in total. The number of hydrogen-bond acceptors (Lipinski definition) is 6. The third kappa shape index (κ3) is 5.31. The molecule has 1 aromatic heterocycles. The van der Waals surface area contributed by atoms with Gasteiger partial charge in [0.15, 0.2) is 0 Å². The smallest absolute Gasteiger partial charge is 0.215 e. The highest BCUT2D eigenvalue weighted by Crippen LogP contribution is 2.31. The van der Waals surface area contributed by atoms with E-state index in [9.17, 15) is 10.1 Å². The van der Waals surface area contributed by atoms with E-state index in [0.717, 1.165) is 68.7 Å². The number of ketones is 1. The second kappa shape index (κ2) is 10.9. The Hall–Kier alpha value is -3.43. The van der Waals surface area contributed by atoms with Crippen LogP contribution in [0.5, 0.6) is 0 Å². The number of carbonyl (C=O) groups excluding carboxylic acids is 1. The summed E-state index contributed by atoms with van der Waals surface area (Å²) < 4.78 is 5.70. The lowest BCUT2D eigenvalue weighted by Gasteiger charge is -2.39. The van der Waals surface area contributed by atoms with Crippen molar-refractivity contribution in [3.63, 3.8) is 0 Å². The van der Waals surface area contributed by atoms with Crippen LogP contribution in [-0.2, 0) is 11.2 Å². The highest BCUT2D eigenvalue weighted by atomic mass is 16.3. The summed E-state index contributed by atoms with van der Waals surface area (Å²) in [7, 11) is 0. The number of carbonyl (C=O) groups is 1. The third-order valence-corrected chi connectivity index (χ3v) is 7.44. The minimum absolute atomic E-state index is 0.0306. The van der Waals surface area contributed by atoms with Gasteiger partial charge in [0.1, 0.15) is 24.2 Å². The molecular formula is C29H32N4O2. The first kappa shape index (κ1) is 23.3. The highest BCUT2D eigenvalue weighted by Gasteiger charge is 2.30. The van der Waals surface area contributed by atoms with E-state index in [1.54, 1.807) is 12.5 Å². The van der Waals surface area contributed by atoms with E-state index in [2.05, 4.69) is 33.0 Å². The first-order valence-corrected chi connectivity index (χ1v) is 12.7. The summed E-state index contributed by atoms with van der Waals surface area (Å²) in [6, 6.07) is 18.7. The molecule has 2 aliphatic rings. The predicted octanol–water partition coefficient (Wildman–Crippen LogP) is 5.15. The van der Waals surface area contributed by atoms with Crippen molar-refractivity contribution in [2.75, 3.05) is 31.1 Å². The fraction of sp³-hybridized carbons (Fsp3) is 0.414. The van der Waals surface area contributed by atoms with Gasteiger partial charge in [-0.15, -0.1) is 0 Å². The number of aromatic nitrogens is 1. The third-order valence-electron chi connectivity index (χ3n) is 7.44. The molecular weight excluding hydrogens is 436 g/mol. The number of nitrogens with zero attached hydrogens (tertiary/aromatic N) is 4. The van der Waals surface area contributed by atoms with Crippen LogP contribution in [0.3, 0.4) is 0 Å². The van der Waals surface area contributed by atoms with E-state index in [1.807, 2.05) is 36.4 Å². The Morgan fingerprint density at radius 3 is 2.51 bits per heavy atom. The van der Waals surface area contributed by atoms with Crippen molar-refractivity contribution in [2.24, 2.45) is 5.92 Å². The van der Waals surface area contributed by atoms with Crippen molar-refractivity contribution in [3.8, 4) is 6.07 Å². The van der Waals surface area contributed by atoms with Crippen LogP contribution in [0.1, 0.15) is 60.7 Å². The summed E-state index contributed by atoms with van der Waals surface area (Å²) in [5.74, 6) is 1.23. The molecule has 35 heavy (non-hydrogen) atoms. The summed E-state index contributed by atoms with van der Waals surface area (Å²) in [5, 5.41) is 9.88. The van der Waals surface area contributed by atoms with Gasteiger partial charge < -0.3 is 9.32 Å². The average Bonchev–Trinajstić information content (AvgIpc) is 3.45. The lowest BCUT2D eigenvalue weighted by molar-refractivity contribution is -0.123. The molecule has 0 bridgehead atoms. The highest BCUT2D eigenvalue weighted by molar-refractivity contribution is 5.83. The average molecular weight is 469 g/mol. The van der Waals surface area contributed by atoms with Crippen molar-refractivity contribution in [1.82, 2.24) is 9.88 Å². The molecule has 0 radical (unpaired) electrons. The molecule has 1 atom stereocenters. The summed E-state index contributed by atoms with van der Waals surface area (Å²) in [6.07, 6.45) is 9.35. The Balaban J connectivity index is 1.27. The largest absolute Gasteiger partial charge is 0.447 e. The molecule has 1 unspecified atom stereocenters. The van der Waals surface area contributed by atoms with Crippen LogP contribution in [0, 0.1) is 17.2 Å². The number of hydrogen-bond donors (Lipinski definition) is 0. The van der Waals surface area contributed by atoms with Crippen molar-refractivity contribution in [1.29, 1.82) is 5.26 Å². The number of piperazine rings is 1. The topological polar surface area (TPSA) is 73.4 Å². The molecule has 1 saturated heterocycles. The Bertz CT molecular complexity index is 1160. The molecule has 0 amide bonds.